The third kappa shape index (κ3) is 4.05. The number of anilines is 1. The van der Waals surface area contributed by atoms with E-state index in [1.807, 2.05) is 0 Å². The molecule has 0 spiro atoms. The topological polar surface area (TPSA) is 76.4 Å². The molecule has 1 rings (SSSR count). The van der Waals surface area contributed by atoms with E-state index in [2.05, 4.69) is 10.1 Å². The molecule has 1 aromatic rings. The van der Waals surface area contributed by atoms with Crippen LogP contribution in [0, 0.1) is 0 Å². The molecule has 88 valence electrons. The van der Waals surface area contributed by atoms with E-state index in [1.54, 1.807) is 5.43 Å². The van der Waals surface area contributed by atoms with E-state index in [0.717, 1.165) is 12.1 Å². The van der Waals surface area contributed by atoms with Crippen LogP contribution in [-0.4, -0.2) is 12.4 Å². The molecule has 4 N–H and O–H groups in total. The van der Waals surface area contributed by atoms with Crippen LogP contribution in [0.1, 0.15) is 0 Å². The zero-order chi connectivity index (χ0) is 12.2. The molecule has 16 heavy (non-hydrogen) atoms. The SMILES string of the molecule is NNC(=O)Nc1cccc(OC(F)(F)F)c1. The normalized spacial score (nSPS) is 10.8. The van der Waals surface area contributed by atoms with Gasteiger partial charge in [0.1, 0.15) is 5.75 Å². The highest BCUT2D eigenvalue weighted by Gasteiger charge is 2.31. The number of hydrogen-bond donors (Lipinski definition) is 3. The third-order valence-corrected chi connectivity index (χ3v) is 1.46. The molecule has 0 aromatic heterocycles. The Morgan fingerprint density at radius 2 is 2.06 bits per heavy atom. The average Bonchev–Trinajstić information content (AvgIpc) is 2.15. The Morgan fingerprint density at radius 1 is 1.38 bits per heavy atom. The molecule has 0 aliphatic rings. The lowest BCUT2D eigenvalue weighted by atomic mass is 10.3. The first kappa shape index (κ1) is 12.1. The minimum absolute atomic E-state index is 0.129. The van der Waals surface area contributed by atoms with Gasteiger partial charge in [-0.2, -0.15) is 0 Å². The van der Waals surface area contributed by atoms with Crippen molar-refractivity contribution in [1.82, 2.24) is 5.43 Å². The Hall–Kier alpha value is -1.96. The second-order valence-corrected chi connectivity index (χ2v) is 2.67. The molecule has 0 bridgehead atoms. The molecule has 0 radical (unpaired) electrons. The Balaban J connectivity index is 2.75. The van der Waals surface area contributed by atoms with E-state index in [-0.39, 0.29) is 5.69 Å². The second-order valence-electron chi connectivity index (χ2n) is 2.67. The first-order valence-electron chi connectivity index (χ1n) is 4.04. The van der Waals surface area contributed by atoms with E-state index in [1.165, 1.54) is 12.1 Å². The number of nitrogens with two attached hydrogens (primary N) is 1. The summed E-state index contributed by atoms with van der Waals surface area (Å²) < 4.78 is 39.2. The molecule has 0 atom stereocenters. The first-order chi connectivity index (χ1) is 7.40. The molecule has 5 nitrogen and oxygen atoms in total. The molecule has 0 aliphatic heterocycles. The molecule has 0 aliphatic carbocycles. The zero-order valence-corrected chi connectivity index (χ0v) is 7.84. The predicted molar refractivity (Wildman–Crippen MR) is 49.5 cm³/mol. The number of hydrazine groups is 1. The summed E-state index contributed by atoms with van der Waals surface area (Å²) in [6.07, 6.45) is -4.77. The molecule has 0 fully saturated rings. The maximum atomic E-state index is 11.9. The number of amides is 2. The monoisotopic (exact) mass is 235 g/mol. The molecule has 2 amide bonds. The highest BCUT2D eigenvalue weighted by Crippen LogP contribution is 2.24. The fourth-order valence-corrected chi connectivity index (χ4v) is 0.938. The van der Waals surface area contributed by atoms with Crippen LogP contribution in [0.4, 0.5) is 23.7 Å². The lowest BCUT2D eigenvalue weighted by Gasteiger charge is -2.10. The Bertz CT molecular complexity index is 381. The summed E-state index contributed by atoms with van der Waals surface area (Å²) in [6, 6.07) is 4.07. The number of alkyl halides is 3. The third-order valence-electron chi connectivity index (χ3n) is 1.46. The van der Waals surface area contributed by atoms with Crippen molar-refractivity contribution >= 4 is 11.7 Å². The Labute approximate surface area is 88.3 Å². The van der Waals surface area contributed by atoms with E-state index in [0.29, 0.717) is 0 Å². The van der Waals surface area contributed by atoms with Crippen LogP contribution in [-0.2, 0) is 0 Å². The van der Waals surface area contributed by atoms with Gasteiger partial charge in [-0.25, -0.2) is 10.6 Å². The second kappa shape index (κ2) is 4.71. The summed E-state index contributed by atoms with van der Waals surface area (Å²) in [4.78, 5) is 10.8. The molecule has 0 heterocycles. The van der Waals surface area contributed by atoms with Gasteiger partial charge in [-0.1, -0.05) is 6.07 Å². The highest BCUT2D eigenvalue weighted by molar-refractivity contribution is 5.88. The van der Waals surface area contributed by atoms with Gasteiger partial charge in [-0.05, 0) is 12.1 Å². The van der Waals surface area contributed by atoms with Gasteiger partial charge in [0.15, 0.2) is 0 Å². The van der Waals surface area contributed by atoms with Gasteiger partial charge in [0.25, 0.3) is 0 Å². The standard InChI is InChI=1S/C8H8F3N3O2/c9-8(10,11)16-6-3-1-2-5(4-6)13-7(15)14-12/h1-4H,12H2,(H2,13,14,15). The predicted octanol–water partition coefficient (Wildman–Crippen LogP) is 1.58. The highest BCUT2D eigenvalue weighted by atomic mass is 19.4. The summed E-state index contributed by atoms with van der Waals surface area (Å²) in [5.74, 6) is 4.36. The van der Waals surface area contributed by atoms with E-state index < -0.39 is 18.1 Å². The van der Waals surface area contributed by atoms with Crippen molar-refractivity contribution in [2.75, 3.05) is 5.32 Å². The van der Waals surface area contributed by atoms with Gasteiger partial charge >= 0.3 is 12.4 Å². The van der Waals surface area contributed by atoms with Crippen LogP contribution in [0.2, 0.25) is 0 Å². The Morgan fingerprint density at radius 3 is 2.62 bits per heavy atom. The van der Waals surface area contributed by atoms with Crippen LogP contribution < -0.4 is 21.3 Å². The van der Waals surface area contributed by atoms with E-state index in [9.17, 15) is 18.0 Å². The van der Waals surface area contributed by atoms with Gasteiger partial charge < -0.3 is 10.1 Å². The van der Waals surface area contributed by atoms with Crippen LogP contribution in [0.15, 0.2) is 24.3 Å². The van der Waals surface area contributed by atoms with Crippen molar-refractivity contribution in [2.45, 2.75) is 6.36 Å². The fourth-order valence-electron chi connectivity index (χ4n) is 0.938. The van der Waals surface area contributed by atoms with Crippen LogP contribution in [0.5, 0.6) is 5.75 Å². The summed E-state index contributed by atoms with van der Waals surface area (Å²) in [7, 11) is 0. The Kier molecular flexibility index (Phi) is 3.56. The molecule has 0 unspecified atom stereocenters. The van der Waals surface area contributed by atoms with Crippen molar-refractivity contribution in [2.24, 2.45) is 5.84 Å². The summed E-state index contributed by atoms with van der Waals surface area (Å²) in [5, 5.41) is 2.20. The largest absolute Gasteiger partial charge is 0.573 e. The lowest BCUT2D eigenvalue weighted by Crippen LogP contribution is -2.34. The van der Waals surface area contributed by atoms with Crippen molar-refractivity contribution in [3.63, 3.8) is 0 Å². The van der Waals surface area contributed by atoms with Gasteiger partial charge in [-0.15, -0.1) is 13.2 Å². The smallest absolute Gasteiger partial charge is 0.406 e. The van der Waals surface area contributed by atoms with Gasteiger partial charge in [0.05, 0.1) is 0 Å². The van der Waals surface area contributed by atoms with Crippen LogP contribution in [0.3, 0.4) is 0 Å². The number of carbonyl (C=O) groups excluding carboxylic acids is 1. The number of halogens is 3. The van der Waals surface area contributed by atoms with Gasteiger partial charge in [0.2, 0.25) is 0 Å². The van der Waals surface area contributed by atoms with Crippen molar-refractivity contribution in [3.8, 4) is 5.75 Å². The number of hydrogen-bond acceptors (Lipinski definition) is 3. The van der Waals surface area contributed by atoms with Gasteiger partial charge in [-0.3, -0.25) is 5.43 Å². The van der Waals surface area contributed by atoms with Crippen molar-refractivity contribution in [3.05, 3.63) is 24.3 Å². The number of carbonyl (C=O) groups is 1. The number of ether oxygens (including phenoxy) is 1. The quantitative estimate of drug-likeness (QED) is 0.414. The number of nitrogens with one attached hydrogen (secondary N) is 2. The molecule has 1 aromatic carbocycles. The van der Waals surface area contributed by atoms with Crippen molar-refractivity contribution < 1.29 is 22.7 Å². The van der Waals surface area contributed by atoms with Crippen LogP contribution in [0.25, 0.3) is 0 Å². The maximum Gasteiger partial charge on any atom is 0.573 e. The molecular formula is C8H8F3N3O2. The maximum absolute atomic E-state index is 11.9. The average molecular weight is 235 g/mol. The molecule has 0 saturated heterocycles. The molecule has 8 heteroatoms. The number of rotatable bonds is 2. The zero-order valence-electron chi connectivity index (χ0n) is 7.84. The van der Waals surface area contributed by atoms with Crippen LogP contribution >= 0.6 is 0 Å². The number of benzene rings is 1. The summed E-state index contributed by atoms with van der Waals surface area (Å²) >= 11 is 0. The van der Waals surface area contributed by atoms with E-state index in [4.69, 9.17) is 5.84 Å². The minimum Gasteiger partial charge on any atom is -0.406 e. The summed E-state index contributed by atoms with van der Waals surface area (Å²) in [6.45, 7) is 0. The lowest BCUT2D eigenvalue weighted by molar-refractivity contribution is -0.274. The van der Waals surface area contributed by atoms with Crippen molar-refractivity contribution in [1.29, 1.82) is 0 Å². The molecular weight excluding hydrogens is 227 g/mol. The van der Waals surface area contributed by atoms with E-state index >= 15 is 0 Å². The molecule has 0 saturated carbocycles. The first-order valence-corrected chi connectivity index (χ1v) is 4.04. The minimum atomic E-state index is -4.77. The van der Waals surface area contributed by atoms with Gasteiger partial charge in [0, 0.05) is 11.8 Å². The fraction of sp³-hybridized carbons (Fsp3) is 0.125. The number of urea groups is 1. The summed E-state index contributed by atoms with van der Waals surface area (Å²) in [5.41, 5.74) is 1.90.